The lowest BCUT2D eigenvalue weighted by Crippen LogP contribution is -2.48. The second-order valence-electron chi connectivity index (χ2n) is 4.90. The molecule has 1 heterocycles. The molecule has 0 N–H and O–H groups in total. The molecule has 1 amide bonds. The van der Waals surface area contributed by atoms with Crippen LogP contribution in [0.5, 0.6) is 0 Å². The standard InChI is InChI=1S/C14H14F3N3O2/c1-10(22)19-4-6-20(7-5-19)13-3-2-11(14(15,16)17)8-12(13)18-9-21/h2-3,8H,4-7H2,1H3. The Morgan fingerprint density at radius 2 is 1.86 bits per heavy atom. The minimum atomic E-state index is -4.50. The van der Waals surface area contributed by atoms with Crippen LogP contribution in [0.1, 0.15) is 12.5 Å². The minimum Gasteiger partial charge on any atom is -0.366 e. The van der Waals surface area contributed by atoms with Crippen LogP contribution in [0.3, 0.4) is 0 Å². The molecule has 0 radical (unpaired) electrons. The molecule has 0 aliphatic carbocycles. The van der Waals surface area contributed by atoms with Crippen molar-refractivity contribution in [1.29, 1.82) is 0 Å². The van der Waals surface area contributed by atoms with E-state index in [0.717, 1.165) is 12.1 Å². The highest BCUT2D eigenvalue weighted by atomic mass is 19.4. The van der Waals surface area contributed by atoms with Gasteiger partial charge in [0.2, 0.25) is 12.0 Å². The second kappa shape index (κ2) is 6.19. The summed E-state index contributed by atoms with van der Waals surface area (Å²) >= 11 is 0. The third-order valence-electron chi connectivity index (χ3n) is 3.53. The topological polar surface area (TPSA) is 53.0 Å². The summed E-state index contributed by atoms with van der Waals surface area (Å²) in [6.45, 7) is 3.34. The van der Waals surface area contributed by atoms with Gasteiger partial charge in [0.05, 0.1) is 11.3 Å². The summed E-state index contributed by atoms with van der Waals surface area (Å²) < 4.78 is 38.2. The third kappa shape index (κ3) is 3.46. The molecule has 0 bridgehead atoms. The predicted octanol–water partition coefficient (Wildman–Crippen LogP) is 2.34. The molecule has 1 aliphatic heterocycles. The number of aliphatic imine (C=N–C) groups is 1. The van der Waals surface area contributed by atoms with Crippen molar-refractivity contribution < 1.29 is 22.8 Å². The number of benzene rings is 1. The van der Waals surface area contributed by atoms with Crippen molar-refractivity contribution in [3.8, 4) is 0 Å². The first-order valence-corrected chi connectivity index (χ1v) is 6.62. The van der Waals surface area contributed by atoms with Gasteiger partial charge in [0, 0.05) is 33.1 Å². The molecule has 2 rings (SSSR count). The van der Waals surface area contributed by atoms with Crippen molar-refractivity contribution >= 4 is 23.4 Å². The Morgan fingerprint density at radius 1 is 1.23 bits per heavy atom. The maximum atomic E-state index is 12.7. The predicted molar refractivity (Wildman–Crippen MR) is 73.7 cm³/mol. The van der Waals surface area contributed by atoms with Gasteiger partial charge in [-0.1, -0.05) is 0 Å². The molecule has 1 aromatic rings. The average molecular weight is 313 g/mol. The number of hydrogen-bond donors (Lipinski definition) is 0. The molecular weight excluding hydrogens is 299 g/mol. The normalized spacial score (nSPS) is 15.5. The molecule has 5 nitrogen and oxygen atoms in total. The van der Waals surface area contributed by atoms with E-state index in [1.165, 1.54) is 19.1 Å². The van der Waals surface area contributed by atoms with Crippen LogP contribution in [-0.2, 0) is 15.8 Å². The van der Waals surface area contributed by atoms with Crippen LogP contribution in [0.2, 0.25) is 0 Å². The fourth-order valence-corrected chi connectivity index (χ4v) is 2.37. The first-order chi connectivity index (χ1) is 10.3. The largest absolute Gasteiger partial charge is 0.416 e. The number of piperazine rings is 1. The second-order valence-corrected chi connectivity index (χ2v) is 4.90. The molecule has 0 unspecified atom stereocenters. The molecule has 118 valence electrons. The number of carbonyl (C=O) groups is 1. The van der Waals surface area contributed by atoms with Crippen LogP contribution in [-0.4, -0.2) is 43.1 Å². The first kappa shape index (κ1) is 16.0. The molecule has 22 heavy (non-hydrogen) atoms. The third-order valence-corrected chi connectivity index (χ3v) is 3.53. The number of rotatable bonds is 2. The van der Waals surface area contributed by atoms with Gasteiger partial charge in [0.25, 0.3) is 0 Å². The van der Waals surface area contributed by atoms with E-state index in [0.29, 0.717) is 31.9 Å². The Labute approximate surface area is 125 Å². The smallest absolute Gasteiger partial charge is 0.366 e. The molecule has 1 aliphatic rings. The van der Waals surface area contributed by atoms with Gasteiger partial charge in [-0.15, -0.1) is 0 Å². The highest BCUT2D eigenvalue weighted by molar-refractivity contribution is 5.74. The van der Waals surface area contributed by atoms with Crippen molar-refractivity contribution in [3.05, 3.63) is 23.8 Å². The van der Waals surface area contributed by atoms with Crippen LogP contribution < -0.4 is 4.90 Å². The molecule has 8 heteroatoms. The lowest BCUT2D eigenvalue weighted by molar-refractivity contribution is -0.137. The van der Waals surface area contributed by atoms with E-state index in [4.69, 9.17) is 0 Å². The van der Waals surface area contributed by atoms with Gasteiger partial charge < -0.3 is 9.80 Å². The zero-order valence-electron chi connectivity index (χ0n) is 11.9. The summed E-state index contributed by atoms with van der Waals surface area (Å²) in [4.78, 5) is 28.6. The Kier molecular flexibility index (Phi) is 4.51. The average Bonchev–Trinajstić information content (AvgIpc) is 2.47. The Morgan fingerprint density at radius 3 is 2.36 bits per heavy atom. The lowest BCUT2D eigenvalue weighted by Gasteiger charge is -2.36. The van der Waals surface area contributed by atoms with Gasteiger partial charge in [-0.3, -0.25) is 4.79 Å². The molecule has 1 fully saturated rings. The number of amides is 1. The lowest BCUT2D eigenvalue weighted by atomic mass is 10.1. The molecule has 1 saturated heterocycles. The Hall–Kier alpha value is -2.34. The van der Waals surface area contributed by atoms with Crippen LogP contribution in [0.4, 0.5) is 24.5 Å². The summed E-state index contributed by atoms with van der Waals surface area (Å²) in [5, 5.41) is 0. The van der Waals surface area contributed by atoms with Gasteiger partial charge in [0.1, 0.15) is 5.69 Å². The van der Waals surface area contributed by atoms with Crippen LogP contribution in [0, 0.1) is 0 Å². The van der Waals surface area contributed by atoms with Gasteiger partial charge in [-0.05, 0) is 18.2 Å². The van der Waals surface area contributed by atoms with Crippen LogP contribution in [0.25, 0.3) is 0 Å². The number of isocyanates is 1. The highest BCUT2D eigenvalue weighted by Crippen LogP contribution is 2.36. The summed E-state index contributed by atoms with van der Waals surface area (Å²) in [6.07, 6.45) is -3.22. The Bertz CT molecular complexity index is 616. The van der Waals surface area contributed by atoms with E-state index < -0.39 is 11.7 Å². The monoisotopic (exact) mass is 313 g/mol. The number of anilines is 1. The van der Waals surface area contributed by atoms with Gasteiger partial charge in [-0.2, -0.15) is 18.2 Å². The van der Waals surface area contributed by atoms with Gasteiger partial charge in [-0.25, -0.2) is 4.79 Å². The SMILES string of the molecule is CC(=O)N1CCN(c2ccc(C(F)(F)F)cc2N=C=O)CC1. The number of carbonyl (C=O) groups excluding carboxylic acids is 2. The molecule has 0 aromatic heterocycles. The van der Waals surface area contributed by atoms with E-state index >= 15 is 0 Å². The van der Waals surface area contributed by atoms with E-state index in [1.54, 1.807) is 9.80 Å². The Balaban J connectivity index is 2.28. The van der Waals surface area contributed by atoms with E-state index in [-0.39, 0.29) is 11.6 Å². The van der Waals surface area contributed by atoms with Crippen LogP contribution >= 0.6 is 0 Å². The molecule has 0 atom stereocenters. The fraction of sp³-hybridized carbons (Fsp3) is 0.429. The van der Waals surface area contributed by atoms with Crippen molar-refractivity contribution in [2.24, 2.45) is 4.99 Å². The number of nitrogens with zero attached hydrogens (tertiary/aromatic N) is 3. The summed E-state index contributed by atoms with van der Waals surface area (Å²) in [6, 6.07) is 3.08. The molecule has 0 spiro atoms. The number of alkyl halides is 3. The van der Waals surface area contributed by atoms with E-state index in [9.17, 15) is 22.8 Å². The first-order valence-electron chi connectivity index (χ1n) is 6.62. The van der Waals surface area contributed by atoms with Crippen molar-refractivity contribution in [1.82, 2.24) is 4.90 Å². The highest BCUT2D eigenvalue weighted by Gasteiger charge is 2.32. The number of hydrogen-bond acceptors (Lipinski definition) is 4. The van der Waals surface area contributed by atoms with E-state index in [2.05, 4.69) is 4.99 Å². The van der Waals surface area contributed by atoms with Crippen LogP contribution in [0.15, 0.2) is 23.2 Å². The summed E-state index contributed by atoms with van der Waals surface area (Å²) in [7, 11) is 0. The fourth-order valence-electron chi connectivity index (χ4n) is 2.37. The minimum absolute atomic E-state index is 0.0433. The van der Waals surface area contributed by atoms with Gasteiger partial charge in [0.15, 0.2) is 0 Å². The van der Waals surface area contributed by atoms with Crippen molar-refractivity contribution in [2.45, 2.75) is 13.1 Å². The van der Waals surface area contributed by atoms with Crippen molar-refractivity contribution in [3.63, 3.8) is 0 Å². The zero-order valence-corrected chi connectivity index (χ0v) is 11.9. The van der Waals surface area contributed by atoms with Gasteiger partial charge >= 0.3 is 6.18 Å². The number of halogens is 3. The quantitative estimate of drug-likeness (QED) is 0.622. The zero-order chi connectivity index (χ0) is 16.3. The van der Waals surface area contributed by atoms with Crippen molar-refractivity contribution in [2.75, 3.05) is 31.1 Å². The molecule has 1 aromatic carbocycles. The van der Waals surface area contributed by atoms with E-state index in [1.807, 2.05) is 0 Å². The maximum Gasteiger partial charge on any atom is 0.416 e. The molecule has 0 saturated carbocycles. The summed E-state index contributed by atoms with van der Waals surface area (Å²) in [5.74, 6) is -0.0433. The molecular formula is C14H14F3N3O2. The summed E-state index contributed by atoms with van der Waals surface area (Å²) in [5.41, 5.74) is -0.506. The maximum absolute atomic E-state index is 12.7.